The van der Waals surface area contributed by atoms with E-state index in [1.165, 1.54) is 11.3 Å². The van der Waals surface area contributed by atoms with Crippen LogP contribution < -0.4 is 5.32 Å². The van der Waals surface area contributed by atoms with E-state index in [0.717, 1.165) is 29.7 Å². The number of para-hydroxylation sites is 1. The lowest BCUT2D eigenvalue weighted by molar-refractivity contribution is -0.121. The zero-order valence-electron chi connectivity index (χ0n) is 13.2. The fraction of sp³-hybridized carbons (Fsp3) is 0.500. The zero-order chi connectivity index (χ0) is 15.7. The summed E-state index contributed by atoms with van der Waals surface area (Å²) in [5.74, 6) is 0.0103. The Labute approximate surface area is 134 Å². The van der Waals surface area contributed by atoms with Crippen LogP contribution in [0, 0.1) is 0 Å². The highest BCUT2D eigenvalue weighted by Crippen LogP contribution is 2.25. The molecule has 2 aromatic rings. The number of thiazole rings is 1. The normalized spacial score (nSPS) is 20.6. The van der Waals surface area contributed by atoms with Crippen LogP contribution in [0.4, 0.5) is 5.13 Å². The number of benzene rings is 1. The number of rotatable bonds is 4. The van der Waals surface area contributed by atoms with E-state index >= 15 is 0 Å². The molecule has 5 nitrogen and oxygen atoms in total. The number of hydrogen-bond acceptors (Lipinski definition) is 5. The molecule has 6 heteroatoms. The van der Waals surface area contributed by atoms with Gasteiger partial charge in [0.1, 0.15) is 0 Å². The number of hydrogen-bond donors (Lipinski definition) is 1. The fourth-order valence-corrected chi connectivity index (χ4v) is 3.75. The average molecular weight is 318 g/mol. The molecule has 2 unspecified atom stereocenters. The van der Waals surface area contributed by atoms with Gasteiger partial charge in [0.25, 0.3) is 0 Å². The summed E-state index contributed by atoms with van der Waals surface area (Å²) >= 11 is 1.52. The average Bonchev–Trinajstić information content (AvgIpc) is 3.11. The van der Waals surface area contributed by atoms with Crippen molar-refractivity contribution in [2.45, 2.75) is 25.4 Å². The summed E-state index contributed by atoms with van der Waals surface area (Å²) in [6.45, 7) is 4.08. The number of fused-ring (bicyclic) bond motifs is 1. The van der Waals surface area contributed by atoms with Gasteiger partial charge in [-0.2, -0.15) is 0 Å². The van der Waals surface area contributed by atoms with Crippen LogP contribution in [0.1, 0.15) is 13.3 Å². The van der Waals surface area contributed by atoms with Crippen LogP contribution in [0.25, 0.3) is 10.2 Å². The molecule has 2 atom stereocenters. The second-order valence-corrected chi connectivity index (χ2v) is 7.05. The molecule has 1 aliphatic rings. The van der Waals surface area contributed by atoms with E-state index in [1.54, 1.807) is 0 Å². The van der Waals surface area contributed by atoms with E-state index in [1.807, 2.05) is 38.2 Å². The van der Waals surface area contributed by atoms with E-state index in [-0.39, 0.29) is 11.9 Å². The summed E-state index contributed by atoms with van der Waals surface area (Å²) in [6, 6.07) is 8.21. The van der Waals surface area contributed by atoms with Gasteiger partial charge in [-0.3, -0.25) is 9.69 Å². The highest BCUT2D eigenvalue weighted by Gasteiger charge is 2.29. The Balaban J connectivity index is 1.65. The van der Waals surface area contributed by atoms with Crippen molar-refractivity contribution in [3.63, 3.8) is 0 Å². The Bertz CT molecular complexity index is 638. The Morgan fingerprint density at radius 3 is 2.95 bits per heavy atom. The molecular weight excluding hydrogens is 296 g/mol. The number of anilines is 1. The molecule has 1 amide bonds. The van der Waals surface area contributed by atoms with E-state index in [9.17, 15) is 4.79 Å². The predicted octanol–water partition coefficient (Wildman–Crippen LogP) is 2.26. The summed E-state index contributed by atoms with van der Waals surface area (Å²) in [6.07, 6.45) is 1.12. The van der Waals surface area contributed by atoms with Gasteiger partial charge in [0, 0.05) is 12.6 Å². The van der Waals surface area contributed by atoms with E-state index < -0.39 is 0 Å². The number of likely N-dealkylation sites (N-methyl/N-ethyl adjacent to an activating group) is 2. The highest BCUT2D eigenvalue weighted by atomic mass is 32.1. The van der Waals surface area contributed by atoms with E-state index in [2.05, 4.69) is 27.1 Å². The van der Waals surface area contributed by atoms with Gasteiger partial charge >= 0.3 is 0 Å². The molecule has 0 bridgehead atoms. The van der Waals surface area contributed by atoms with Crippen molar-refractivity contribution in [3.05, 3.63) is 24.3 Å². The molecule has 0 saturated carbocycles. The van der Waals surface area contributed by atoms with Crippen molar-refractivity contribution in [2.24, 2.45) is 0 Å². The van der Waals surface area contributed by atoms with Gasteiger partial charge in [-0.1, -0.05) is 23.5 Å². The maximum atomic E-state index is 12.5. The molecule has 0 aliphatic carbocycles. The summed E-state index contributed by atoms with van der Waals surface area (Å²) < 4.78 is 1.09. The van der Waals surface area contributed by atoms with Crippen molar-refractivity contribution in [1.82, 2.24) is 14.8 Å². The summed E-state index contributed by atoms with van der Waals surface area (Å²) in [5, 5.41) is 3.64. The SMILES string of the molecule is CC(C(=O)Nc1nc2ccccc2s1)N(C)C1CCN(C)C1. The third kappa shape index (κ3) is 3.14. The van der Waals surface area contributed by atoms with Crippen LogP contribution in [0.3, 0.4) is 0 Å². The molecule has 1 aliphatic heterocycles. The van der Waals surface area contributed by atoms with Crippen molar-refractivity contribution >= 4 is 32.6 Å². The van der Waals surface area contributed by atoms with Gasteiger partial charge in [0.15, 0.2) is 5.13 Å². The third-order valence-corrected chi connectivity index (χ3v) is 5.41. The smallest absolute Gasteiger partial charge is 0.243 e. The molecule has 0 radical (unpaired) electrons. The van der Waals surface area contributed by atoms with Crippen LogP contribution in [-0.4, -0.2) is 60.0 Å². The standard InChI is InChI=1S/C16H22N4OS/c1-11(20(3)12-8-9-19(2)10-12)15(21)18-16-17-13-6-4-5-7-14(13)22-16/h4-7,11-12H,8-10H2,1-3H3,(H,17,18,21). The van der Waals surface area contributed by atoms with Crippen molar-refractivity contribution in [3.8, 4) is 0 Å². The number of amides is 1. The topological polar surface area (TPSA) is 48.5 Å². The minimum absolute atomic E-state index is 0.0103. The first-order valence-corrected chi connectivity index (χ1v) is 8.43. The fourth-order valence-electron chi connectivity index (χ4n) is 2.88. The van der Waals surface area contributed by atoms with Gasteiger partial charge in [0.05, 0.1) is 16.3 Å². The minimum atomic E-state index is -0.163. The number of nitrogens with zero attached hydrogens (tertiary/aromatic N) is 3. The van der Waals surface area contributed by atoms with Crippen molar-refractivity contribution < 1.29 is 4.79 Å². The molecule has 1 fully saturated rings. The molecule has 1 aromatic carbocycles. The predicted molar refractivity (Wildman–Crippen MR) is 91.4 cm³/mol. The first-order chi connectivity index (χ1) is 10.5. The zero-order valence-corrected chi connectivity index (χ0v) is 14.1. The molecule has 1 aromatic heterocycles. The van der Waals surface area contributed by atoms with Crippen LogP contribution in [0.2, 0.25) is 0 Å². The number of likely N-dealkylation sites (tertiary alicyclic amines) is 1. The molecule has 0 spiro atoms. The maximum absolute atomic E-state index is 12.5. The maximum Gasteiger partial charge on any atom is 0.243 e. The lowest BCUT2D eigenvalue weighted by Gasteiger charge is -2.29. The highest BCUT2D eigenvalue weighted by molar-refractivity contribution is 7.22. The largest absolute Gasteiger partial charge is 0.305 e. The number of aromatic nitrogens is 1. The molecule has 1 saturated heterocycles. The lowest BCUT2D eigenvalue weighted by atomic mass is 10.1. The molecule has 2 heterocycles. The van der Waals surface area contributed by atoms with Gasteiger partial charge in [-0.05, 0) is 46.1 Å². The quantitative estimate of drug-likeness (QED) is 0.939. The number of nitrogens with one attached hydrogen (secondary N) is 1. The lowest BCUT2D eigenvalue weighted by Crippen LogP contribution is -2.46. The molecule has 1 N–H and O–H groups in total. The minimum Gasteiger partial charge on any atom is -0.305 e. The molecule has 22 heavy (non-hydrogen) atoms. The monoisotopic (exact) mass is 318 g/mol. The Hall–Kier alpha value is -1.50. The van der Waals surface area contributed by atoms with Crippen LogP contribution in [0.15, 0.2) is 24.3 Å². The van der Waals surface area contributed by atoms with Gasteiger partial charge < -0.3 is 10.2 Å². The van der Waals surface area contributed by atoms with Gasteiger partial charge in [0.2, 0.25) is 5.91 Å². The van der Waals surface area contributed by atoms with Crippen LogP contribution >= 0.6 is 11.3 Å². The number of carbonyl (C=O) groups is 1. The molecular formula is C16H22N4OS. The molecule has 118 valence electrons. The van der Waals surface area contributed by atoms with Crippen LogP contribution in [-0.2, 0) is 4.79 Å². The Morgan fingerprint density at radius 2 is 2.27 bits per heavy atom. The third-order valence-electron chi connectivity index (χ3n) is 4.46. The van der Waals surface area contributed by atoms with Crippen molar-refractivity contribution in [2.75, 3.05) is 32.5 Å². The van der Waals surface area contributed by atoms with E-state index in [4.69, 9.17) is 0 Å². The summed E-state index contributed by atoms with van der Waals surface area (Å²) in [5.41, 5.74) is 0.932. The first-order valence-electron chi connectivity index (χ1n) is 7.61. The van der Waals surface area contributed by atoms with Crippen LogP contribution in [0.5, 0.6) is 0 Å². The second-order valence-electron chi connectivity index (χ2n) is 6.02. The molecule has 3 rings (SSSR count). The Morgan fingerprint density at radius 1 is 1.50 bits per heavy atom. The first kappa shape index (κ1) is 15.4. The van der Waals surface area contributed by atoms with E-state index in [0.29, 0.717) is 11.2 Å². The summed E-state index contributed by atoms with van der Waals surface area (Å²) in [7, 11) is 4.16. The van der Waals surface area contributed by atoms with Gasteiger partial charge in [-0.15, -0.1) is 0 Å². The van der Waals surface area contributed by atoms with Gasteiger partial charge in [-0.25, -0.2) is 4.98 Å². The summed E-state index contributed by atoms with van der Waals surface area (Å²) in [4.78, 5) is 21.4. The number of carbonyl (C=O) groups excluding carboxylic acids is 1. The Kier molecular flexibility index (Phi) is 4.42. The second kappa shape index (κ2) is 6.32. The van der Waals surface area contributed by atoms with Crippen molar-refractivity contribution in [1.29, 1.82) is 0 Å².